The zero-order chi connectivity index (χ0) is 12.8. The highest BCUT2D eigenvalue weighted by Gasteiger charge is 2.06. The van der Waals surface area contributed by atoms with Gasteiger partial charge >= 0.3 is 0 Å². The second-order valence-corrected chi connectivity index (χ2v) is 4.58. The second kappa shape index (κ2) is 6.36. The van der Waals surface area contributed by atoms with Crippen molar-refractivity contribution in [3.8, 4) is 0 Å². The van der Waals surface area contributed by atoms with Crippen LogP contribution >= 0.6 is 0 Å². The number of hydrogen-bond donors (Lipinski definition) is 1. The smallest absolute Gasteiger partial charge is 0.0364 e. The van der Waals surface area contributed by atoms with Crippen molar-refractivity contribution >= 4 is 0 Å². The van der Waals surface area contributed by atoms with E-state index in [-0.39, 0.29) is 0 Å². The largest absolute Gasteiger partial charge is 0.350 e. The highest BCUT2D eigenvalue weighted by molar-refractivity contribution is 5.14. The molecule has 1 atom stereocenters. The first kappa shape index (κ1) is 12.8. The van der Waals surface area contributed by atoms with Crippen LogP contribution in [0.25, 0.3) is 0 Å². The van der Waals surface area contributed by atoms with Crippen molar-refractivity contribution in [3.63, 3.8) is 0 Å². The average molecular weight is 243 g/mol. The van der Waals surface area contributed by atoms with E-state index in [4.69, 9.17) is 0 Å². The third-order valence-corrected chi connectivity index (χ3v) is 3.16. The summed E-state index contributed by atoms with van der Waals surface area (Å²) < 4.78 is 2.31. The van der Waals surface area contributed by atoms with E-state index in [0.29, 0.717) is 6.04 Å². The average Bonchev–Trinajstić information content (AvgIpc) is 2.85. The molecule has 0 saturated carbocycles. The Labute approximate surface area is 109 Å². The lowest BCUT2D eigenvalue weighted by atomic mass is 10.1. The van der Waals surface area contributed by atoms with Gasteiger partial charge in [-0.3, -0.25) is 4.98 Å². The van der Waals surface area contributed by atoms with Crippen molar-refractivity contribution in [2.45, 2.75) is 39.4 Å². The standard InChI is InChI=1S/C15H21N3/c1-3-9-18-10-5-7-15(18)12-17-13(2)14-6-4-8-16-11-14/h4-8,10-11,13,17H,3,9,12H2,1-2H3/t13-/m0/s1. The van der Waals surface area contributed by atoms with Gasteiger partial charge in [-0.15, -0.1) is 0 Å². The molecule has 18 heavy (non-hydrogen) atoms. The lowest BCUT2D eigenvalue weighted by Gasteiger charge is -2.15. The summed E-state index contributed by atoms with van der Waals surface area (Å²) in [7, 11) is 0. The molecule has 96 valence electrons. The van der Waals surface area contributed by atoms with Crippen LogP contribution in [0.1, 0.15) is 37.6 Å². The van der Waals surface area contributed by atoms with Crippen molar-refractivity contribution in [3.05, 3.63) is 54.1 Å². The molecule has 2 heterocycles. The molecule has 0 bridgehead atoms. The molecular weight excluding hydrogens is 222 g/mol. The van der Waals surface area contributed by atoms with Gasteiger partial charge in [-0.2, -0.15) is 0 Å². The van der Waals surface area contributed by atoms with Crippen LogP contribution in [-0.2, 0) is 13.1 Å². The number of aryl methyl sites for hydroxylation is 1. The lowest BCUT2D eigenvalue weighted by molar-refractivity contribution is 0.540. The highest BCUT2D eigenvalue weighted by Crippen LogP contribution is 2.11. The maximum Gasteiger partial charge on any atom is 0.0364 e. The Morgan fingerprint density at radius 3 is 2.94 bits per heavy atom. The van der Waals surface area contributed by atoms with Gasteiger partial charge in [-0.25, -0.2) is 0 Å². The fraction of sp³-hybridized carbons (Fsp3) is 0.400. The minimum absolute atomic E-state index is 0.323. The summed E-state index contributed by atoms with van der Waals surface area (Å²) in [6, 6.07) is 8.70. The van der Waals surface area contributed by atoms with Crippen molar-refractivity contribution < 1.29 is 0 Å². The minimum Gasteiger partial charge on any atom is -0.350 e. The van der Waals surface area contributed by atoms with Gasteiger partial charge in [0.2, 0.25) is 0 Å². The number of hydrogen-bond acceptors (Lipinski definition) is 2. The van der Waals surface area contributed by atoms with Crippen LogP contribution in [0.15, 0.2) is 42.9 Å². The van der Waals surface area contributed by atoms with Crippen LogP contribution in [0, 0.1) is 0 Å². The molecule has 0 fully saturated rings. The van der Waals surface area contributed by atoms with Gasteiger partial charge in [0.15, 0.2) is 0 Å². The predicted octanol–water partition coefficient (Wildman–Crippen LogP) is 3.14. The van der Waals surface area contributed by atoms with E-state index in [9.17, 15) is 0 Å². The molecule has 0 aliphatic carbocycles. The van der Waals surface area contributed by atoms with Crippen LogP contribution in [0.2, 0.25) is 0 Å². The first-order valence-corrected chi connectivity index (χ1v) is 6.58. The van der Waals surface area contributed by atoms with E-state index in [1.165, 1.54) is 17.7 Å². The number of nitrogens with one attached hydrogen (secondary N) is 1. The van der Waals surface area contributed by atoms with E-state index in [1.807, 2.05) is 18.5 Å². The van der Waals surface area contributed by atoms with Crippen molar-refractivity contribution in [1.29, 1.82) is 0 Å². The molecule has 0 saturated heterocycles. The molecule has 0 amide bonds. The Morgan fingerprint density at radius 1 is 1.33 bits per heavy atom. The third kappa shape index (κ3) is 3.20. The highest BCUT2D eigenvalue weighted by atomic mass is 15.0. The molecule has 0 spiro atoms. The minimum atomic E-state index is 0.323. The molecule has 0 aromatic carbocycles. The zero-order valence-electron chi connectivity index (χ0n) is 11.1. The zero-order valence-corrected chi connectivity index (χ0v) is 11.1. The van der Waals surface area contributed by atoms with Crippen LogP contribution in [0.3, 0.4) is 0 Å². The quantitative estimate of drug-likeness (QED) is 0.844. The van der Waals surface area contributed by atoms with Crippen molar-refractivity contribution in [1.82, 2.24) is 14.9 Å². The van der Waals surface area contributed by atoms with Gasteiger partial charge < -0.3 is 9.88 Å². The molecule has 3 heteroatoms. The van der Waals surface area contributed by atoms with Crippen LogP contribution < -0.4 is 5.32 Å². The van der Waals surface area contributed by atoms with Gasteiger partial charge in [0.1, 0.15) is 0 Å². The monoisotopic (exact) mass is 243 g/mol. The van der Waals surface area contributed by atoms with E-state index < -0.39 is 0 Å². The first-order chi connectivity index (χ1) is 8.81. The topological polar surface area (TPSA) is 29.9 Å². The summed E-state index contributed by atoms with van der Waals surface area (Å²) >= 11 is 0. The normalized spacial score (nSPS) is 12.6. The van der Waals surface area contributed by atoms with Gasteiger partial charge in [0, 0.05) is 43.4 Å². The Morgan fingerprint density at radius 2 is 2.22 bits per heavy atom. The van der Waals surface area contributed by atoms with Crippen LogP contribution in [0.4, 0.5) is 0 Å². The van der Waals surface area contributed by atoms with Gasteiger partial charge in [0.05, 0.1) is 0 Å². The molecule has 2 aromatic heterocycles. The van der Waals surface area contributed by atoms with Gasteiger partial charge in [-0.1, -0.05) is 13.0 Å². The van der Waals surface area contributed by atoms with E-state index >= 15 is 0 Å². The molecule has 0 aliphatic rings. The summed E-state index contributed by atoms with van der Waals surface area (Å²) in [5, 5.41) is 3.54. The van der Waals surface area contributed by atoms with Crippen molar-refractivity contribution in [2.75, 3.05) is 0 Å². The number of nitrogens with zero attached hydrogens (tertiary/aromatic N) is 2. The summed E-state index contributed by atoms with van der Waals surface area (Å²) in [5.41, 5.74) is 2.57. The van der Waals surface area contributed by atoms with E-state index in [1.54, 1.807) is 0 Å². The lowest BCUT2D eigenvalue weighted by Crippen LogP contribution is -2.20. The van der Waals surface area contributed by atoms with Crippen LogP contribution in [0.5, 0.6) is 0 Å². The summed E-state index contributed by atoms with van der Waals surface area (Å²) in [6.07, 6.45) is 7.04. The second-order valence-electron chi connectivity index (χ2n) is 4.58. The third-order valence-electron chi connectivity index (χ3n) is 3.16. The molecule has 2 aromatic rings. The summed E-state index contributed by atoms with van der Waals surface area (Å²) in [6.45, 7) is 6.36. The van der Waals surface area contributed by atoms with E-state index in [2.05, 4.69) is 53.1 Å². The summed E-state index contributed by atoms with van der Waals surface area (Å²) in [5.74, 6) is 0. The summed E-state index contributed by atoms with van der Waals surface area (Å²) in [4.78, 5) is 4.15. The predicted molar refractivity (Wildman–Crippen MR) is 74.2 cm³/mol. The first-order valence-electron chi connectivity index (χ1n) is 6.58. The Hall–Kier alpha value is -1.61. The number of aromatic nitrogens is 2. The van der Waals surface area contributed by atoms with Gasteiger partial charge in [-0.05, 0) is 37.1 Å². The Balaban J connectivity index is 1.93. The van der Waals surface area contributed by atoms with Gasteiger partial charge in [0.25, 0.3) is 0 Å². The fourth-order valence-corrected chi connectivity index (χ4v) is 2.08. The molecule has 0 radical (unpaired) electrons. The molecule has 1 N–H and O–H groups in total. The van der Waals surface area contributed by atoms with E-state index in [0.717, 1.165) is 13.1 Å². The Kier molecular flexibility index (Phi) is 4.53. The SMILES string of the molecule is CCCn1cccc1CN[C@@H](C)c1cccnc1. The van der Waals surface area contributed by atoms with Crippen molar-refractivity contribution in [2.24, 2.45) is 0 Å². The number of rotatable bonds is 6. The number of pyridine rings is 1. The fourth-order valence-electron chi connectivity index (χ4n) is 2.08. The maximum absolute atomic E-state index is 4.15. The molecule has 3 nitrogen and oxygen atoms in total. The maximum atomic E-state index is 4.15. The molecule has 0 unspecified atom stereocenters. The molecule has 0 aliphatic heterocycles. The molecular formula is C15H21N3. The molecule has 2 rings (SSSR count). The van der Waals surface area contributed by atoms with Crippen LogP contribution in [-0.4, -0.2) is 9.55 Å². The Bertz CT molecular complexity index is 462.